The highest BCUT2D eigenvalue weighted by molar-refractivity contribution is 14.1. The Morgan fingerprint density at radius 2 is 1.88 bits per heavy atom. The number of benzene rings is 1. The van der Waals surface area contributed by atoms with Crippen molar-refractivity contribution in [1.82, 2.24) is 0 Å². The van der Waals surface area contributed by atoms with Gasteiger partial charge >= 0.3 is 6.18 Å². The van der Waals surface area contributed by atoms with Crippen molar-refractivity contribution in [1.29, 1.82) is 0 Å². The van der Waals surface area contributed by atoms with Crippen LogP contribution in [0.3, 0.4) is 0 Å². The summed E-state index contributed by atoms with van der Waals surface area (Å²) in [4.78, 5) is 11.2. The van der Waals surface area contributed by atoms with Crippen molar-refractivity contribution in [2.45, 2.75) is 18.5 Å². The van der Waals surface area contributed by atoms with Gasteiger partial charge in [-0.3, -0.25) is 4.79 Å². The van der Waals surface area contributed by atoms with Crippen molar-refractivity contribution in [3.05, 3.63) is 45.0 Å². The molecule has 0 saturated carbocycles. The van der Waals surface area contributed by atoms with E-state index < -0.39 is 11.6 Å². The fourth-order valence-electron chi connectivity index (χ4n) is 1.69. The quantitative estimate of drug-likeness (QED) is 0.449. The van der Waals surface area contributed by atoms with Crippen LogP contribution in [0.5, 0.6) is 0 Å². The summed E-state index contributed by atoms with van der Waals surface area (Å²) in [6.07, 6.45) is -2.05. The van der Waals surface area contributed by atoms with Crippen molar-refractivity contribution in [3.8, 4) is 0 Å². The number of Topliss-reactive ketones (excluding diaryl/α,β-unsaturated/α-hetero) is 1. The van der Waals surface area contributed by atoms with E-state index in [1.807, 2.05) is 22.6 Å². The molecule has 5 heteroatoms. The molecule has 1 aromatic rings. The molecule has 0 spiro atoms. The zero-order chi connectivity index (χ0) is 12.8. The van der Waals surface area contributed by atoms with Gasteiger partial charge in [0.2, 0.25) is 0 Å². The Hall–Kier alpha value is -0.850. The molecule has 1 aliphatic carbocycles. The number of rotatable bonds is 2. The van der Waals surface area contributed by atoms with Gasteiger partial charge in [-0.1, -0.05) is 24.3 Å². The third-order valence-electron chi connectivity index (χ3n) is 2.80. The maximum Gasteiger partial charge on any atom is 0.405 e. The maximum absolute atomic E-state index is 12.8. The van der Waals surface area contributed by atoms with Gasteiger partial charge in [-0.25, -0.2) is 0 Å². The van der Waals surface area contributed by atoms with Gasteiger partial charge < -0.3 is 0 Å². The number of ketones is 1. The van der Waals surface area contributed by atoms with Gasteiger partial charge in [-0.05, 0) is 41.1 Å². The van der Waals surface area contributed by atoms with E-state index in [9.17, 15) is 18.0 Å². The molecule has 0 aliphatic heterocycles. The van der Waals surface area contributed by atoms with Crippen LogP contribution in [0.15, 0.2) is 30.4 Å². The standard InChI is InChI=1S/C12H8F3IO/c1-7(17)9-3-2-8(6-10(9)16)11(4-5-11)12(13,14)15/h2-6H,1H3. The maximum atomic E-state index is 12.8. The van der Waals surface area contributed by atoms with E-state index in [-0.39, 0.29) is 11.3 Å². The van der Waals surface area contributed by atoms with Gasteiger partial charge in [-0.2, -0.15) is 13.2 Å². The first kappa shape index (κ1) is 12.6. The Kier molecular flexibility index (Phi) is 2.84. The van der Waals surface area contributed by atoms with E-state index in [1.54, 1.807) is 0 Å². The molecule has 1 nitrogen and oxygen atoms in total. The molecule has 0 radical (unpaired) electrons. The highest BCUT2D eigenvalue weighted by Gasteiger charge is 2.59. The molecule has 0 amide bonds. The number of carbonyl (C=O) groups is 1. The Morgan fingerprint density at radius 3 is 2.24 bits per heavy atom. The third-order valence-corrected chi connectivity index (χ3v) is 3.69. The van der Waals surface area contributed by atoms with Gasteiger partial charge in [0.1, 0.15) is 5.41 Å². The minimum absolute atomic E-state index is 0.147. The fourth-order valence-corrected chi connectivity index (χ4v) is 2.58. The summed E-state index contributed by atoms with van der Waals surface area (Å²) in [6, 6.07) is 4.24. The van der Waals surface area contributed by atoms with Gasteiger partial charge in [0.15, 0.2) is 5.78 Å². The molecule has 0 unspecified atom stereocenters. The molecule has 90 valence electrons. The molecule has 17 heavy (non-hydrogen) atoms. The van der Waals surface area contributed by atoms with Crippen LogP contribution in [-0.2, 0) is 5.41 Å². The Bertz CT molecular complexity index is 511. The summed E-state index contributed by atoms with van der Waals surface area (Å²) in [5.41, 5.74) is -1.30. The lowest BCUT2D eigenvalue weighted by molar-refractivity contribution is -0.153. The molecule has 2 rings (SSSR count). The Labute approximate surface area is 110 Å². The number of allylic oxidation sites excluding steroid dienone is 2. The van der Waals surface area contributed by atoms with Crippen molar-refractivity contribution in [3.63, 3.8) is 0 Å². The van der Waals surface area contributed by atoms with Crippen LogP contribution < -0.4 is 0 Å². The first-order valence-electron chi connectivity index (χ1n) is 4.86. The molecule has 0 heterocycles. The lowest BCUT2D eigenvalue weighted by Gasteiger charge is -2.20. The Balaban J connectivity index is 2.43. The molecule has 0 bridgehead atoms. The van der Waals surface area contributed by atoms with Crippen molar-refractivity contribution in [2.75, 3.05) is 0 Å². The van der Waals surface area contributed by atoms with Gasteiger partial charge in [-0.15, -0.1) is 0 Å². The largest absolute Gasteiger partial charge is 0.405 e. The monoisotopic (exact) mass is 352 g/mol. The zero-order valence-electron chi connectivity index (χ0n) is 8.81. The van der Waals surface area contributed by atoms with E-state index in [0.717, 1.165) is 12.2 Å². The smallest absolute Gasteiger partial charge is 0.294 e. The summed E-state index contributed by atoms with van der Waals surface area (Å²) >= 11 is 1.88. The molecule has 0 N–H and O–H groups in total. The second-order valence-corrected chi connectivity index (χ2v) is 5.11. The predicted octanol–water partition coefficient (Wildman–Crippen LogP) is 3.86. The number of carbonyl (C=O) groups excluding carboxylic acids is 1. The SMILES string of the molecule is CC(=O)c1ccc(C2(C(F)(F)F)C=C2)cc1I. The van der Waals surface area contributed by atoms with E-state index in [0.29, 0.717) is 9.13 Å². The van der Waals surface area contributed by atoms with E-state index in [4.69, 9.17) is 0 Å². The number of hydrogen-bond donors (Lipinski definition) is 0. The predicted molar refractivity (Wildman–Crippen MR) is 66.0 cm³/mol. The second-order valence-electron chi connectivity index (χ2n) is 3.95. The van der Waals surface area contributed by atoms with Crippen molar-refractivity contribution < 1.29 is 18.0 Å². The second kappa shape index (κ2) is 3.83. The van der Waals surface area contributed by atoms with Gasteiger partial charge in [0, 0.05) is 9.13 Å². The average Bonchev–Trinajstić information content (AvgIpc) is 2.95. The zero-order valence-corrected chi connectivity index (χ0v) is 11.0. The van der Waals surface area contributed by atoms with Crippen LogP contribution in [0.4, 0.5) is 13.2 Å². The average molecular weight is 352 g/mol. The topological polar surface area (TPSA) is 17.1 Å². The summed E-state index contributed by atoms with van der Waals surface area (Å²) in [5, 5.41) is 0. The van der Waals surface area contributed by atoms with Crippen LogP contribution in [0.1, 0.15) is 22.8 Å². The first-order chi connectivity index (χ1) is 7.78. The van der Waals surface area contributed by atoms with Gasteiger partial charge in [0.05, 0.1) is 0 Å². The summed E-state index contributed by atoms with van der Waals surface area (Å²) in [5.74, 6) is -0.147. The first-order valence-corrected chi connectivity index (χ1v) is 5.94. The van der Waals surface area contributed by atoms with Crippen LogP contribution >= 0.6 is 22.6 Å². The molecular formula is C12H8F3IO. The summed E-state index contributed by atoms with van der Waals surface area (Å²) < 4.78 is 39.1. The minimum atomic E-state index is -4.31. The van der Waals surface area contributed by atoms with Crippen LogP contribution in [0, 0.1) is 3.57 Å². The fraction of sp³-hybridized carbons (Fsp3) is 0.250. The number of hydrogen-bond acceptors (Lipinski definition) is 1. The summed E-state index contributed by atoms with van der Waals surface area (Å²) in [7, 11) is 0. The van der Waals surface area contributed by atoms with Crippen molar-refractivity contribution >= 4 is 28.4 Å². The highest BCUT2D eigenvalue weighted by Crippen LogP contribution is 2.51. The number of halogens is 4. The lowest BCUT2D eigenvalue weighted by atomic mass is 9.92. The third kappa shape index (κ3) is 2.00. The van der Waals surface area contributed by atoms with Gasteiger partial charge in [0.25, 0.3) is 0 Å². The van der Waals surface area contributed by atoms with Crippen LogP contribution in [0.2, 0.25) is 0 Å². The molecule has 0 saturated heterocycles. The Morgan fingerprint density at radius 1 is 1.29 bits per heavy atom. The molecule has 1 aliphatic rings. The molecule has 1 aromatic carbocycles. The minimum Gasteiger partial charge on any atom is -0.294 e. The van der Waals surface area contributed by atoms with E-state index in [1.165, 1.54) is 25.1 Å². The van der Waals surface area contributed by atoms with E-state index >= 15 is 0 Å². The highest BCUT2D eigenvalue weighted by atomic mass is 127. The van der Waals surface area contributed by atoms with Crippen LogP contribution in [0.25, 0.3) is 0 Å². The summed E-state index contributed by atoms with van der Waals surface area (Å²) in [6.45, 7) is 1.39. The van der Waals surface area contributed by atoms with E-state index in [2.05, 4.69) is 0 Å². The molecule has 0 aromatic heterocycles. The molecule has 0 fully saturated rings. The molecular weight excluding hydrogens is 344 g/mol. The normalized spacial score (nSPS) is 17.0. The van der Waals surface area contributed by atoms with Crippen LogP contribution in [-0.4, -0.2) is 12.0 Å². The van der Waals surface area contributed by atoms with Crippen molar-refractivity contribution in [2.24, 2.45) is 0 Å². The lowest BCUT2D eigenvalue weighted by Crippen LogP contribution is -2.30. The number of alkyl halides is 3. The molecule has 0 atom stereocenters.